The molecule has 220 valence electrons. The molecule has 1 aromatic heterocycles. The summed E-state index contributed by atoms with van der Waals surface area (Å²) in [7, 11) is 0. The van der Waals surface area contributed by atoms with Crippen LogP contribution >= 0.6 is 0 Å². The smallest absolute Gasteiger partial charge is 0.143 e. The van der Waals surface area contributed by atoms with Gasteiger partial charge in [-0.1, -0.05) is 181 Å². The fourth-order valence-electron chi connectivity index (χ4n) is 5.33. The Bertz CT molecular complexity index is 4070. The van der Waals surface area contributed by atoms with Gasteiger partial charge in [0, 0.05) is 27.6 Å². The van der Waals surface area contributed by atoms with E-state index in [2.05, 4.69) is 0 Å². The van der Waals surface area contributed by atoms with Crippen molar-refractivity contribution in [2.45, 2.75) is 0 Å². The maximum atomic E-state index is 9.58. The lowest BCUT2D eigenvalue weighted by Crippen LogP contribution is -1.91. The standard InChI is InChI=1S/C46H30O/c1-4-15-31(16-5-1)32-27-29-35(30-28-32)45-44(41-26-14-25-36(46(41)47-45)33-17-6-2-7-18-33)43-39-23-12-10-21-37(39)42(34-19-8-3-9-20-34)38-22-11-13-24-40(38)43/h1-30H/i1D,2D,3D,4D,5D,6D,7D,8D,9D,10D,11D,12D,13D,14D,15D,16D,17D,18D,19D,20D,21D,22D,23D,24D,25D,26D,27D,28D,29D,30D. The van der Waals surface area contributed by atoms with Crippen LogP contribution in [0.25, 0.3) is 88.3 Å². The van der Waals surface area contributed by atoms with Crippen molar-refractivity contribution in [3.05, 3.63) is 181 Å². The van der Waals surface area contributed by atoms with Gasteiger partial charge in [0.25, 0.3) is 0 Å². The molecule has 0 aliphatic carbocycles. The Labute approximate surface area is 316 Å². The minimum Gasteiger partial charge on any atom is -0.455 e. The molecule has 1 nitrogen and oxygen atoms in total. The summed E-state index contributed by atoms with van der Waals surface area (Å²) in [6, 6.07) is -30.8. The van der Waals surface area contributed by atoms with E-state index >= 15 is 0 Å². The highest BCUT2D eigenvalue weighted by Gasteiger charge is 2.25. The Morgan fingerprint density at radius 1 is 0.298 bits per heavy atom. The zero-order valence-corrected chi connectivity index (χ0v) is 23.4. The zero-order valence-electron chi connectivity index (χ0n) is 53.4. The molecule has 0 atom stereocenters. The van der Waals surface area contributed by atoms with Crippen LogP contribution in [0.2, 0.25) is 0 Å². The van der Waals surface area contributed by atoms with Crippen LogP contribution in [0.5, 0.6) is 0 Å². The third-order valence-electron chi connectivity index (χ3n) is 7.24. The van der Waals surface area contributed by atoms with Gasteiger partial charge >= 0.3 is 0 Å². The highest BCUT2D eigenvalue weighted by molar-refractivity contribution is 6.25. The highest BCUT2D eigenvalue weighted by Crippen LogP contribution is 2.50. The third-order valence-corrected chi connectivity index (χ3v) is 7.24. The number of benzene rings is 8. The predicted octanol–water partition coefficient (Wildman–Crippen LogP) is 13.1. The SMILES string of the molecule is [2H]c1c([2H])c([2H])c(-c2c([2H])c([2H])c(-c3oc4c(-c5c([2H])c([2H])c([2H])c([2H])c5[2H])c([2H])c([2H])c([2H])c4c3-c3c4c([2H])c([2H])c([2H])c([2H])c4c(-c4c([2H])c([2H])c([2H])c([2H])c4[2H])c4c([2H])c([2H])c([2H])c([2H])c34)c([2H])c2[2H])c([2H])c1[2H]. The molecule has 0 saturated heterocycles. The first kappa shape index (κ1) is 10.4. The van der Waals surface area contributed by atoms with Crippen LogP contribution in [-0.4, -0.2) is 0 Å². The van der Waals surface area contributed by atoms with E-state index in [1.54, 1.807) is 0 Å². The quantitative estimate of drug-likeness (QED) is 0.173. The minimum atomic E-state index is -1.17. The van der Waals surface area contributed by atoms with Crippen molar-refractivity contribution in [3.8, 4) is 55.8 Å². The number of rotatable bonds is 5. The number of hydrogen-bond donors (Lipinski definition) is 0. The molecule has 9 rings (SSSR count). The Morgan fingerprint density at radius 3 is 1.30 bits per heavy atom. The minimum absolute atomic E-state index is 0.767. The number of para-hydroxylation sites is 1. The van der Waals surface area contributed by atoms with Gasteiger partial charge in [-0.15, -0.1) is 0 Å². The molecule has 47 heavy (non-hydrogen) atoms. The van der Waals surface area contributed by atoms with E-state index in [1.807, 2.05) is 0 Å². The lowest BCUT2D eigenvalue weighted by Gasteiger charge is -2.18. The molecule has 0 N–H and O–H groups in total. The molecule has 0 unspecified atom stereocenters. The molecule has 1 heteroatoms. The summed E-state index contributed by atoms with van der Waals surface area (Å²) < 4.78 is 275. The second-order valence-corrected chi connectivity index (χ2v) is 9.76. The van der Waals surface area contributed by atoms with E-state index in [4.69, 9.17) is 30.5 Å². The van der Waals surface area contributed by atoms with Crippen molar-refractivity contribution in [3.63, 3.8) is 0 Å². The Kier molecular flexibility index (Phi) is 2.51. The van der Waals surface area contributed by atoms with Gasteiger partial charge in [0.2, 0.25) is 0 Å². The van der Waals surface area contributed by atoms with E-state index in [9.17, 15) is 15.1 Å². The van der Waals surface area contributed by atoms with E-state index in [-0.39, 0.29) is 0 Å². The molecule has 0 radical (unpaired) electrons. The van der Waals surface area contributed by atoms with Crippen LogP contribution in [0.1, 0.15) is 41.1 Å². The lowest BCUT2D eigenvalue weighted by atomic mass is 9.84. The summed E-state index contributed by atoms with van der Waals surface area (Å²) in [6.45, 7) is 0. The fraction of sp³-hybridized carbons (Fsp3) is 0. The average Bonchev–Trinajstić information content (AvgIpc) is 3.86. The van der Waals surface area contributed by atoms with Crippen molar-refractivity contribution < 1.29 is 45.5 Å². The van der Waals surface area contributed by atoms with Crippen molar-refractivity contribution in [1.29, 1.82) is 0 Å². The van der Waals surface area contributed by atoms with Crippen LogP contribution in [0, 0.1) is 0 Å². The van der Waals surface area contributed by atoms with E-state index < -0.39 is 270 Å². The molecule has 0 bridgehead atoms. The fourth-order valence-corrected chi connectivity index (χ4v) is 5.33. The molecule has 8 aromatic carbocycles. The summed E-state index contributed by atoms with van der Waals surface area (Å²) in [5.74, 6) is -1.03. The molecule has 0 saturated carbocycles. The van der Waals surface area contributed by atoms with Gasteiger partial charge in [0.05, 0.1) is 41.1 Å². The Morgan fingerprint density at radius 2 is 0.723 bits per heavy atom. The monoisotopic (exact) mass is 628 g/mol. The summed E-state index contributed by atoms with van der Waals surface area (Å²) in [6.07, 6.45) is 0. The number of furan rings is 1. The maximum Gasteiger partial charge on any atom is 0.143 e. The molecule has 0 amide bonds. The third kappa shape index (κ3) is 4.56. The Hall–Kier alpha value is -6.18. The normalized spacial score (nSPS) is 20.3. The van der Waals surface area contributed by atoms with Crippen LogP contribution in [-0.2, 0) is 0 Å². The highest BCUT2D eigenvalue weighted by atomic mass is 16.3. The number of fused-ring (bicyclic) bond motifs is 3. The van der Waals surface area contributed by atoms with Crippen molar-refractivity contribution in [2.24, 2.45) is 0 Å². The van der Waals surface area contributed by atoms with Gasteiger partial charge in [0.1, 0.15) is 11.3 Å². The summed E-state index contributed by atoms with van der Waals surface area (Å²) >= 11 is 0. The molecular weight excluding hydrogens is 569 g/mol. The summed E-state index contributed by atoms with van der Waals surface area (Å²) in [4.78, 5) is 0. The summed E-state index contributed by atoms with van der Waals surface area (Å²) in [5, 5.41) is -4.11. The van der Waals surface area contributed by atoms with Crippen LogP contribution in [0.4, 0.5) is 0 Å². The number of hydrogen-bond acceptors (Lipinski definition) is 1. The van der Waals surface area contributed by atoms with Gasteiger partial charge in [-0.05, 0) is 49.4 Å². The first-order valence-corrected chi connectivity index (χ1v) is 13.7. The molecule has 9 aromatic rings. The maximum absolute atomic E-state index is 9.58. The van der Waals surface area contributed by atoms with Crippen molar-refractivity contribution >= 4 is 32.5 Å². The van der Waals surface area contributed by atoms with Crippen LogP contribution in [0.15, 0.2) is 186 Å². The van der Waals surface area contributed by atoms with Crippen LogP contribution < -0.4 is 0 Å². The first-order chi connectivity index (χ1) is 35.8. The molecule has 0 spiro atoms. The molecule has 0 aliphatic heterocycles. The molecule has 0 fully saturated rings. The van der Waals surface area contributed by atoms with E-state index in [1.165, 1.54) is 0 Å². The van der Waals surface area contributed by atoms with Gasteiger partial charge in [0.15, 0.2) is 0 Å². The molecular formula is C46H30O. The lowest BCUT2D eigenvalue weighted by molar-refractivity contribution is 0.633. The van der Waals surface area contributed by atoms with Gasteiger partial charge < -0.3 is 4.42 Å². The first-order valence-electron chi connectivity index (χ1n) is 28.7. The topological polar surface area (TPSA) is 13.1 Å². The zero-order chi connectivity index (χ0) is 57.3. The second-order valence-electron chi connectivity index (χ2n) is 9.76. The Balaban J connectivity index is 1.68. The largest absolute Gasteiger partial charge is 0.455 e. The second kappa shape index (κ2) is 11.3. The van der Waals surface area contributed by atoms with Crippen molar-refractivity contribution in [2.75, 3.05) is 0 Å². The van der Waals surface area contributed by atoms with E-state index in [0.717, 1.165) is 0 Å². The van der Waals surface area contributed by atoms with Crippen molar-refractivity contribution in [1.82, 2.24) is 0 Å². The van der Waals surface area contributed by atoms with E-state index in [0.29, 0.717) is 0 Å². The van der Waals surface area contributed by atoms with Crippen LogP contribution in [0.3, 0.4) is 0 Å². The predicted molar refractivity (Wildman–Crippen MR) is 198 cm³/mol. The van der Waals surface area contributed by atoms with Gasteiger partial charge in [-0.25, -0.2) is 0 Å². The molecule has 1 heterocycles. The van der Waals surface area contributed by atoms with Gasteiger partial charge in [-0.3, -0.25) is 0 Å². The summed E-state index contributed by atoms with van der Waals surface area (Å²) in [5.41, 5.74) is -8.55. The average molecular weight is 629 g/mol. The molecule has 0 aliphatic rings. The van der Waals surface area contributed by atoms with Gasteiger partial charge in [-0.2, -0.15) is 0 Å².